The second-order valence-corrected chi connectivity index (χ2v) is 9.11. The number of carbonyl (C=O) groups is 1. The molecule has 11 heteroatoms. The van der Waals surface area contributed by atoms with Crippen LogP contribution in [0.15, 0.2) is 35.3 Å². The van der Waals surface area contributed by atoms with Gasteiger partial charge in [-0.1, -0.05) is 12.8 Å². The third-order valence-corrected chi connectivity index (χ3v) is 6.78. The van der Waals surface area contributed by atoms with Crippen molar-refractivity contribution in [3.63, 3.8) is 0 Å². The molecular weight excluding hydrogens is 461 g/mol. The van der Waals surface area contributed by atoms with Crippen LogP contribution in [0.5, 0.6) is 0 Å². The summed E-state index contributed by atoms with van der Waals surface area (Å²) in [6.45, 7) is -1.45. The van der Waals surface area contributed by atoms with E-state index in [1.54, 1.807) is 24.4 Å². The highest BCUT2D eigenvalue weighted by Crippen LogP contribution is 2.38. The lowest BCUT2D eigenvalue weighted by Crippen LogP contribution is -2.34. The Morgan fingerprint density at radius 3 is 2.77 bits per heavy atom. The Morgan fingerprint density at radius 1 is 1.20 bits per heavy atom. The fourth-order valence-electron chi connectivity index (χ4n) is 5.24. The highest BCUT2D eigenvalue weighted by atomic mass is 19.4. The molecule has 2 N–H and O–H groups in total. The van der Waals surface area contributed by atoms with Crippen molar-refractivity contribution in [2.75, 3.05) is 11.9 Å². The molecule has 0 radical (unpaired) electrons. The van der Waals surface area contributed by atoms with Crippen LogP contribution in [0.1, 0.15) is 54.1 Å². The van der Waals surface area contributed by atoms with E-state index < -0.39 is 18.6 Å². The van der Waals surface area contributed by atoms with Gasteiger partial charge in [-0.15, -0.1) is 0 Å². The van der Waals surface area contributed by atoms with Crippen molar-refractivity contribution in [2.45, 2.75) is 50.9 Å². The average molecular weight is 484 g/mol. The van der Waals surface area contributed by atoms with Crippen molar-refractivity contribution in [3.05, 3.63) is 51.9 Å². The lowest BCUT2D eigenvalue weighted by Gasteiger charge is -2.30. The van der Waals surface area contributed by atoms with Crippen molar-refractivity contribution >= 4 is 28.3 Å². The van der Waals surface area contributed by atoms with Gasteiger partial charge >= 0.3 is 6.18 Å². The zero-order valence-electron chi connectivity index (χ0n) is 18.7. The Bertz CT molecular complexity index is 1390. The highest BCUT2D eigenvalue weighted by molar-refractivity contribution is 5.99. The fourth-order valence-corrected chi connectivity index (χ4v) is 5.24. The Balaban J connectivity index is 1.49. The molecule has 1 amide bonds. The van der Waals surface area contributed by atoms with Crippen molar-refractivity contribution in [1.82, 2.24) is 19.7 Å². The first-order valence-corrected chi connectivity index (χ1v) is 11.5. The summed E-state index contributed by atoms with van der Waals surface area (Å²) in [5.74, 6) is -0.204. The summed E-state index contributed by atoms with van der Waals surface area (Å²) in [5, 5.41) is 17.5. The third-order valence-electron chi connectivity index (χ3n) is 6.78. The summed E-state index contributed by atoms with van der Waals surface area (Å²) >= 11 is 0. The first-order valence-electron chi connectivity index (χ1n) is 11.5. The second-order valence-electron chi connectivity index (χ2n) is 9.11. The molecule has 1 fully saturated rings. The first kappa shape index (κ1) is 23.0. The maximum absolute atomic E-state index is 12.8. The number of fused-ring (bicyclic) bond motifs is 2. The van der Waals surface area contributed by atoms with Crippen LogP contribution in [0, 0.1) is 17.2 Å². The van der Waals surface area contributed by atoms with Crippen LogP contribution in [0.3, 0.4) is 0 Å². The zero-order valence-corrected chi connectivity index (χ0v) is 18.7. The summed E-state index contributed by atoms with van der Waals surface area (Å²) in [4.78, 5) is 28.5. The number of halogens is 3. The number of benzene rings is 1. The number of hydrogen-bond donors (Lipinski definition) is 2. The Morgan fingerprint density at radius 2 is 2.00 bits per heavy atom. The van der Waals surface area contributed by atoms with Crippen LogP contribution < -0.4 is 10.9 Å². The number of amides is 1. The average Bonchev–Trinajstić information content (AvgIpc) is 3.31. The molecule has 1 aliphatic carbocycles. The van der Waals surface area contributed by atoms with Crippen LogP contribution in [-0.4, -0.2) is 38.3 Å². The summed E-state index contributed by atoms with van der Waals surface area (Å²) < 4.78 is 40.3. The van der Waals surface area contributed by atoms with E-state index in [-0.39, 0.29) is 29.6 Å². The van der Waals surface area contributed by atoms with Gasteiger partial charge in [-0.2, -0.15) is 23.5 Å². The molecule has 2 aromatic heterocycles. The minimum Gasteiger partial charge on any atom is -0.338 e. The molecule has 0 spiro atoms. The van der Waals surface area contributed by atoms with E-state index in [4.69, 9.17) is 5.10 Å². The van der Waals surface area contributed by atoms with Crippen molar-refractivity contribution < 1.29 is 18.0 Å². The molecule has 0 bridgehead atoms. The Kier molecular flexibility index (Phi) is 5.75. The summed E-state index contributed by atoms with van der Waals surface area (Å²) in [5.41, 5.74) is 1.55. The van der Waals surface area contributed by atoms with E-state index in [0.717, 1.165) is 30.6 Å². The number of nitriles is 1. The van der Waals surface area contributed by atoms with Gasteiger partial charge in [0.05, 0.1) is 17.6 Å². The molecule has 2 atom stereocenters. The molecular formula is C24H23F3N6O2. The maximum Gasteiger partial charge on any atom is 0.406 e. The minimum atomic E-state index is -4.48. The standard InChI is InChI=1S/C24H23F3N6O2/c25-24(26,27)13-32-12-15-11-16(5-6-17(15)23(32)35)30-21-20-19(8-10-29-22(20)34)33(31-21)18-4-2-1-3-14(18)7-9-28/h5-6,8,10-11,14,18H,1-4,7,12-13H2,(H,29,34)(H,30,31). The van der Waals surface area contributed by atoms with Gasteiger partial charge in [-0.25, -0.2) is 0 Å². The van der Waals surface area contributed by atoms with Gasteiger partial charge in [0.2, 0.25) is 0 Å². The molecule has 3 aromatic rings. The first-order chi connectivity index (χ1) is 16.7. The maximum atomic E-state index is 12.8. The van der Waals surface area contributed by atoms with Crippen LogP contribution >= 0.6 is 0 Å². The molecule has 0 saturated heterocycles. The molecule has 2 unspecified atom stereocenters. The monoisotopic (exact) mass is 484 g/mol. The second kappa shape index (κ2) is 8.76. The van der Waals surface area contributed by atoms with Crippen molar-refractivity contribution in [1.29, 1.82) is 5.26 Å². The van der Waals surface area contributed by atoms with Gasteiger partial charge in [0.15, 0.2) is 5.82 Å². The largest absolute Gasteiger partial charge is 0.406 e. The predicted octanol–water partition coefficient (Wildman–Crippen LogP) is 4.63. The number of anilines is 2. The topological polar surface area (TPSA) is 107 Å². The lowest BCUT2D eigenvalue weighted by atomic mass is 9.83. The number of alkyl halides is 3. The van der Waals surface area contributed by atoms with E-state index in [1.165, 1.54) is 6.07 Å². The minimum absolute atomic E-state index is 0.0168. The summed E-state index contributed by atoms with van der Waals surface area (Å²) in [7, 11) is 0. The van der Waals surface area contributed by atoms with Crippen LogP contribution in [0.2, 0.25) is 0 Å². The van der Waals surface area contributed by atoms with E-state index in [0.29, 0.717) is 34.4 Å². The van der Waals surface area contributed by atoms with Crippen LogP contribution in [-0.2, 0) is 6.54 Å². The molecule has 35 heavy (non-hydrogen) atoms. The molecule has 182 valence electrons. The molecule has 8 nitrogen and oxygen atoms in total. The van der Waals surface area contributed by atoms with E-state index >= 15 is 0 Å². The fraction of sp³-hybridized carbons (Fsp3) is 0.417. The predicted molar refractivity (Wildman–Crippen MR) is 122 cm³/mol. The summed E-state index contributed by atoms with van der Waals surface area (Å²) in [6, 6.07) is 8.72. The van der Waals surface area contributed by atoms with Crippen molar-refractivity contribution in [3.8, 4) is 6.07 Å². The van der Waals surface area contributed by atoms with E-state index in [2.05, 4.69) is 16.4 Å². The SMILES string of the molecule is N#CCC1CCCCC1n1nc(Nc2ccc3c(c2)CN(CC(F)(F)F)C3=O)c2c(=O)[nH]ccc21. The molecule has 1 aromatic carbocycles. The number of pyridine rings is 1. The number of carbonyl (C=O) groups excluding carboxylic acids is 1. The Hall–Kier alpha value is -3.81. The Labute approximate surface area is 198 Å². The number of aromatic nitrogens is 3. The van der Waals surface area contributed by atoms with Crippen molar-refractivity contribution in [2.24, 2.45) is 5.92 Å². The number of rotatable bonds is 5. The third kappa shape index (κ3) is 4.36. The number of H-pyrrole nitrogens is 1. The van der Waals surface area contributed by atoms with Gasteiger partial charge in [0, 0.05) is 30.4 Å². The normalized spacial score (nSPS) is 20.2. The van der Waals surface area contributed by atoms with Gasteiger partial charge in [0.25, 0.3) is 11.5 Å². The molecule has 1 saturated carbocycles. The number of nitrogens with one attached hydrogen (secondary N) is 2. The van der Waals surface area contributed by atoms with E-state index in [9.17, 15) is 28.0 Å². The van der Waals surface area contributed by atoms with Gasteiger partial charge in [-0.05, 0) is 48.6 Å². The smallest absolute Gasteiger partial charge is 0.338 e. The zero-order chi connectivity index (χ0) is 24.7. The molecule has 2 aliphatic rings. The van der Waals surface area contributed by atoms with Crippen LogP contribution in [0.4, 0.5) is 24.7 Å². The van der Waals surface area contributed by atoms with Gasteiger partial charge in [-0.3, -0.25) is 14.3 Å². The van der Waals surface area contributed by atoms with Crippen LogP contribution in [0.25, 0.3) is 10.9 Å². The highest BCUT2D eigenvalue weighted by Gasteiger charge is 2.37. The van der Waals surface area contributed by atoms with Gasteiger partial charge < -0.3 is 15.2 Å². The number of nitrogens with zero attached hydrogens (tertiary/aromatic N) is 4. The molecule has 5 rings (SSSR count). The molecule has 3 heterocycles. The number of hydrogen-bond acceptors (Lipinski definition) is 5. The summed E-state index contributed by atoms with van der Waals surface area (Å²) in [6.07, 6.45) is 1.31. The molecule has 1 aliphatic heterocycles. The van der Waals surface area contributed by atoms with E-state index in [1.807, 2.05) is 4.68 Å². The quantitative estimate of drug-likeness (QED) is 0.549. The number of aromatic amines is 1. The lowest BCUT2D eigenvalue weighted by molar-refractivity contribution is -0.140. The van der Waals surface area contributed by atoms with Gasteiger partial charge in [0.1, 0.15) is 11.9 Å².